The number of aliphatic carboxylic acids is 1. The molecule has 2 aromatic rings. The molecule has 0 aromatic heterocycles. The zero-order valence-corrected chi connectivity index (χ0v) is 15.4. The smallest absolute Gasteiger partial charge is 0.323 e. The van der Waals surface area contributed by atoms with Crippen LogP contribution in [0.15, 0.2) is 54.6 Å². The number of para-hydroxylation sites is 1. The Morgan fingerprint density at radius 3 is 1.89 bits per heavy atom. The molecule has 0 heterocycles. The fourth-order valence-electron chi connectivity index (χ4n) is 3.35. The molecule has 1 saturated carbocycles. The SMILES string of the molecule is O=C(Nc1ccccc1)Nc1ccc(NC(=O)C2CCCC(C(=O)O)C2)cc1. The van der Waals surface area contributed by atoms with Crippen molar-refractivity contribution in [2.45, 2.75) is 25.7 Å². The van der Waals surface area contributed by atoms with Gasteiger partial charge in [-0.3, -0.25) is 9.59 Å². The number of carbonyl (C=O) groups excluding carboxylic acids is 2. The van der Waals surface area contributed by atoms with Crippen LogP contribution in [-0.4, -0.2) is 23.0 Å². The number of amides is 3. The van der Waals surface area contributed by atoms with Crippen LogP contribution in [-0.2, 0) is 9.59 Å². The normalized spacial score (nSPS) is 18.7. The summed E-state index contributed by atoms with van der Waals surface area (Å²) in [7, 11) is 0. The van der Waals surface area contributed by atoms with Crippen LogP contribution in [0, 0.1) is 11.8 Å². The number of anilines is 3. The van der Waals surface area contributed by atoms with Gasteiger partial charge in [0.2, 0.25) is 5.91 Å². The van der Waals surface area contributed by atoms with E-state index in [-0.39, 0.29) is 17.9 Å². The highest BCUT2D eigenvalue weighted by Crippen LogP contribution is 2.30. The molecule has 0 radical (unpaired) electrons. The van der Waals surface area contributed by atoms with E-state index in [0.717, 1.165) is 6.42 Å². The molecule has 0 aliphatic heterocycles. The van der Waals surface area contributed by atoms with Crippen molar-refractivity contribution in [1.29, 1.82) is 0 Å². The van der Waals surface area contributed by atoms with Crippen LogP contribution in [0.25, 0.3) is 0 Å². The van der Waals surface area contributed by atoms with Crippen LogP contribution in [0.4, 0.5) is 21.9 Å². The van der Waals surface area contributed by atoms with Crippen LogP contribution >= 0.6 is 0 Å². The van der Waals surface area contributed by atoms with Gasteiger partial charge in [-0.1, -0.05) is 24.6 Å². The van der Waals surface area contributed by atoms with Gasteiger partial charge in [-0.2, -0.15) is 0 Å². The van der Waals surface area contributed by atoms with Crippen molar-refractivity contribution in [3.05, 3.63) is 54.6 Å². The van der Waals surface area contributed by atoms with E-state index >= 15 is 0 Å². The van der Waals surface area contributed by atoms with E-state index in [1.165, 1.54) is 0 Å². The summed E-state index contributed by atoms with van der Waals surface area (Å²) < 4.78 is 0. The predicted octanol–water partition coefficient (Wildman–Crippen LogP) is 4.16. The van der Waals surface area contributed by atoms with Gasteiger partial charge in [-0.05, 0) is 55.7 Å². The van der Waals surface area contributed by atoms with Crippen molar-refractivity contribution in [1.82, 2.24) is 0 Å². The Bertz CT molecular complexity index is 836. The first kappa shape index (κ1) is 19.4. The third-order valence-corrected chi connectivity index (χ3v) is 4.84. The molecule has 3 amide bonds. The lowest BCUT2D eigenvalue weighted by Gasteiger charge is -2.25. The number of carbonyl (C=O) groups is 3. The average molecular weight is 381 g/mol. The third kappa shape index (κ3) is 5.33. The molecule has 0 spiro atoms. The van der Waals surface area contributed by atoms with E-state index in [9.17, 15) is 14.4 Å². The molecule has 7 heteroatoms. The number of carboxylic acids is 1. The number of nitrogens with one attached hydrogen (secondary N) is 3. The maximum absolute atomic E-state index is 12.4. The Kier molecular flexibility index (Phi) is 6.26. The first-order chi connectivity index (χ1) is 13.5. The minimum Gasteiger partial charge on any atom is -0.481 e. The Morgan fingerprint density at radius 2 is 1.29 bits per heavy atom. The molecule has 2 unspecified atom stereocenters. The van der Waals surface area contributed by atoms with Gasteiger partial charge in [0.1, 0.15) is 0 Å². The lowest BCUT2D eigenvalue weighted by atomic mass is 9.81. The third-order valence-electron chi connectivity index (χ3n) is 4.84. The largest absolute Gasteiger partial charge is 0.481 e. The molecular formula is C21H23N3O4. The molecule has 146 valence electrons. The molecule has 4 N–H and O–H groups in total. The van der Waals surface area contributed by atoms with E-state index < -0.39 is 11.9 Å². The van der Waals surface area contributed by atoms with Crippen molar-refractivity contribution in [3.8, 4) is 0 Å². The molecule has 3 rings (SSSR count). The summed E-state index contributed by atoms with van der Waals surface area (Å²) in [5, 5.41) is 17.4. The van der Waals surface area contributed by atoms with E-state index in [2.05, 4.69) is 16.0 Å². The van der Waals surface area contributed by atoms with Gasteiger partial charge in [-0.25, -0.2) is 4.79 Å². The lowest BCUT2D eigenvalue weighted by Crippen LogP contribution is -2.30. The number of carboxylic acid groups (broad SMARTS) is 1. The van der Waals surface area contributed by atoms with E-state index in [0.29, 0.717) is 36.3 Å². The van der Waals surface area contributed by atoms with Gasteiger partial charge in [0.15, 0.2) is 0 Å². The number of benzene rings is 2. The molecule has 1 aliphatic carbocycles. The van der Waals surface area contributed by atoms with Gasteiger partial charge in [0.25, 0.3) is 0 Å². The van der Waals surface area contributed by atoms with Gasteiger partial charge >= 0.3 is 12.0 Å². The second-order valence-electron chi connectivity index (χ2n) is 6.91. The summed E-state index contributed by atoms with van der Waals surface area (Å²) in [5.41, 5.74) is 1.89. The molecule has 2 atom stereocenters. The summed E-state index contributed by atoms with van der Waals surface area (Å²) in [6.07, 6.45) is 2.45. The molecule has 1 aliphatic rings. The fourth-order valence-corrected chi connectivity index (χ4v) is 3.35. The lowest BCUT2D eigenvalue weighted by molar-refractivity contribution is -0.143. The highest BCUT2D eigenvalue weighted by Gasteiger charge is 2.30. The molecule has 2 aromatic carbocycles. The number of rotatable bonds is 5. The summed E-state index contributed by atoms with van der Waals surface area (Å²) in [4.78, 5) is 35.6. The molecule has 0 bridgehead atoms. The second kappa shape index (κ2) is 9.03. The fraction of sp³-hybridized carbons (Fsp3) is 0.286. The van der Waals surface area contributed by atoms with Crippen molar-refractivity contribution >= 4 is 35.0 Å². The van der Waals surface area contributed by atoms with Gasteiger partial charge < -0.3 is 21.1 Å². The number of urea groups is 1. The average Bonchev–Trinajstić information content (AvgIpc) is 2.70. The van der Waals surface area contributed by atoms with Crippen molar-refractivity contribution in [3.63, 3.8) is 0 Å². The second-order valence-corrected chi connectivity index (χ2v) is 6.91. The first-order valence-corrected chi connectivity index (χ1v) is 9.28. The van der Waals surface area contributed by atoms with Gasteiger partial charge in [0.05, 0.1) is 5.92 Å². The van der Waals surface area contributed by atoms with Crippen molar-refractivity contribution in [2.24, 2.45) is 11.8 Å². The van der Waals surface area contributed by atoms with Crippen LogP contribution in [0.5, 0.6) is 0 Å². The highest BCUT2D eigenvalue weighted by atomic mass is 16.4. The van der Waals surface area contributed by atoms with E-state index in [4.69, 9.17) is 5.11 Å². The van der Waals surface area contributed by atoms with Gasteiger partial charge in [-0.15, -0.1) is 0 Å². The quantitative estimate of drug-likeness (QED) is 0.624. The predicted molar refractivity (Wildman–Crippen MR) is 107 cm³/mol. The molecule has 0 saturated heterocycles. The Hall–Kier alpha value is -3.35. The van der Waals surface area contributed by atoms with Crippen molar-refractivity contribution in [2.75, 3.05) is 16.0 Å². The number of hydrogen-bond donors (Lipinski definition) is 4. The van der Waals surface area contributed by atoms with Crippen LogP contribution in [0.2, 0.25) is 0 Å². The highest BCUT2D eigenvalue weighted by molar-refractivity contribution is 6.00. The molecule has 7 nitrogen and oxygen atoms in total. The molecular weight excluding hydrogens is 358 g/mol. The standard InChI is InChI=1S/C21H23N3O4/c25-19(14-5-4-6-15(13-14)20(26)27)22-17-9-11-18(12-10-17)24-21(28)23-16-7-2-1-3-8-16/h1-3,7-12,14-15H,4-6,13H2,(H,22,25)(H,26,27)(H2,23,24,28). The van der Waals surface area contributed by atoms with E-state index in [1.807, 2.05) is 18.2 Å². The minimum absolute atomic E-state index is 0.159. The molecule has 1 fully saturated rings. The van der Waals surface area contributed by atoms with Crippen LogP contribution in [0.3, 0.4) is 0 Å². The minimum atomic E-state index is -0.832. The maximum atomic E-state index is 12.4. The Morgan fingerprint density at radius 1 is 0.750 bits per heavy atom. The van der Waals surface area contributed by atoms with Crippen LogP contribution < -0.4 is 16.0 Å². The Labute approximate surface area is 163 Å². The number of hydrogen-bond acceptors (Lipinski definition) is 3. The first-order valence-electron chi connectivity index (χ1n) is 9.28. The zero-order chi connectivity index (χ0) is 19.9. The summed E-state index contributed by atoms with van der Waals surface area (Å²) in [6, 6.07) is 15.5. The summed E-state index contributed by atoms with van der Waals surface area (Å²) in [6.45, 7) is 0. The maximum Gasteiger partial charge on any atom is 0.323 e. The summed E-state index contributed by atoms with van der Waals surface area (Å²) >= 11 is 0. The van der Waals surface area contributed by atoms with Crippen molar-refractivity contribution < 1.29 is 19.5 Å². The molecule has 28 heavy (non-hydrogen) atoms. The topological polar surface area (TPSA) is 108 Å². The summed E-state index contributed by atoms with van der Waals surface area (Å²) in [5.74, 6) is -1.72. The monoisotopic (exact) mass is 381 g/mol. The van der Waals surface area contributed by atoms with Gasteiger partial charge in [0, 0.05) is 23.0 Å². The zero-order valence-electron chi connectivity index (χ0n) is 15.4. The van der Waals surface area contributed by atoms with E-state index in [1.54, 1.807) is 36.4 Å². The Balaban J connectivity index is 1.52. The van der Waals surface area contributed by atoms with Crippen LogP contribution in [0.1, 0.15) is 25.7 Å².